The summed E-state index contributed by atoms with van der Waals surface area (Å²) in [5.74, 6) is 0.429. The number of hydrogen-bond acceptors (Lipinski definition) is 4. The summed E-state index contributed by atoms with van der Waals surface area (Å²) >= 11 is 0. The van der Waals surface area contributed by atoms with Crippen molar-refractivity contribution in [3.8, 4) is 11.4 Å². The molecule has 0 saturated carbocycles. The van der Waals surface area contributed by atoms with Crippen LogP contribution in [-0.2, 0) is 0 Å². The fourth-order valence-electron chi connectivity index (χ4n) is 1.11. The highest BCUT2D eigenvalue weighted by Crippen LogP contribution is 2.14. The first-order chi connectivity index (χ1) is 7.25. The predicted octanol–water partition coefficient (Wildman–Crippen LogP) is 1.08. The van der Waals surface area contributed by atoms with Gasteiger partial charge in [-0.2, -0.15) is 10.1 Å². The highest BCUT2D eigenvalue weighted by molar-refractivity contribution is 5.55. The summed E-state index contributed by atoms with van der Waals surface area (Å²) in [4.78, 5) is 14.0. The summed E-state index contributed by atoms with van der Waals surface area (Å²) in [5, 5.41) is 15.7. The molecule has 1 aromatic heterocycles. The molecule has 2 N–H and O–H groups in total. The molecule has 0 aliphatic carbocycles. The van der Waals surface area contributed by atoms with Crippen molar-refractivity contribution in [1.82, 2.24) is 15.2 Å². The number of H-pyrrole nitrogens is 1. The van der Waals surface area contributed by atoms with E-state index < -0.39 is 5.03 Å². The molecule has 15 heavy (non-hydrogen) atoms. The Hall–Kier alpha value is -2.44. The maximum Gasteiger partial charge on any atom is 0.281 e. The standard InChI is InChI=1S/C8H7N5O2/c14-13(15)12-8-9-7(10-11-8)6-4-2-1-3-5-6/h1-5H,(H2,9,10,11,12). The second-order valence-electron chi connectivity index (χ2n) is 2.74. The number of hydrogen-bond donors (Lipinski definition) is 2. The summed E-state index contributed by atoms with van der Waals surface area (Å²) < 4.78 is 0. The minimum absolute atomic E-state index is 0.0128. The molecule has 0 radical (unpaired) electrons. The van der Waals surface area contributed by atoms with E-state index in [1.54, 1.807) is 0 Å². The van der Waals surface area contributed by atoms with Crippen LogP contribution in [0.4, 0.5) is 5.95 Å². The molecule has 1 heterocycles. The van der Waals surface area contributed by atoms with Crippen LogP contribution < -0.4 is 5.43 Å². The topological polar surface area (TPSA) is 96.7 Å². The number of aromatic amines is 1. The average Bonchev–Trinajstić information content (AvgIpc) is 2.67. The van der Waals surface area contributed by atoms with Crippen molar-refractivity contribution in [2.24, 2.45) is 0 Å². The number of hydrazine groups is 1. The lowest BCUT2D eigenvalue weighted by molar-refractivity contribution is -0.446. The van der Waals surface area contributed by atoms with Crippen LogP contribution in [0.3, 0.4) is 0 Å². The smallest absolute Gasteiger partial charge is 0.240 e. The third kappa shape index (κ3) is 2.08. The van der Waals surface area contributed by atoms with Gasteiger partial charge in [0.25, 0.3) is 5.95 Å². The van der Waals surface area contributed by atoms with Crippen LogP contribution in [0.25, 0.3) is 11.4 Å². The van der Waals surface area contributed by atoms with E-state index in [4.69, 9.17) is 0 Å². The first-order valence-electron chi connectivity index (χ1n) is 4.14. The highest BCUT2D eigenvalue weighted by Gasteiger charge is 2.07. The third-order valence-corrected chi connectivity index (χ3v) is 1.71. The monoisotopic (exact) mass is 205 g/mol. The molecule has 0 fully saturated rings. The van der Waals surface area contributed by atoms with E-state index in [1.807, 2.05) is 35.8 Å². The van der Waals surface area contributed by atoms with Gasteiger partial charge in [0.1, 0.15) is 0 Å². The van der Waals surface area contributed by atoms with Gasteiger partial charge in [-0.15, -0.1) is 0 Å². The summed E-state index contributed by atoms with van der Waals surface area (Å²) in [6.07, 6.45) is 0. The molecule has 0 atom stereocenters. The lowest BCUT2D eigenvalue weighted by Gasteiger charge is -1.91. The van der Waals surface area contributed by atoms with E-state index in [1.165, 1.54) is 0 Å². The maximum atomic E-state index is 10.1. The van der Waals surface area contributed by atoms with Crippen LogP contribution in [0.15, 0.2) is 30.3 Å². The van der Waals surface area contributed by atoms with Crippen LogP contribution in [-0.4, -0.2) is 20.2 Å². The third-order valence-electron chi connectivity index (χ3n) is 1.71. The summed E-state index contributed by atoms with van der Waals surface area (Å²) in [5.41, 5.74) is 2.68. The Morgan fingerprint density at radius 2 is 2.07 bits per heavy atom. The second-order valence-corrected chi connectivity index (χ2v) is 2.74. The zero-order valence-corrected chi connectivity index (χ0v) is 7.54. The van der Waals surface area contributed by atoms with Crippen molar-refractivity contribution in [2.45, 2.75) is 0 Å². The molecule has 2 rings (SSSR count). The maximum absolute atomic E-state index is 10.1. The van der Waals surface area contributed by atoms with Crippen LogP contribution in [0.5, 0.6) is 0 Å². The van der Waals surface area contributed by atoms with E-state index in [0.29, 0.717) is 5.82 Å². The second kappa shape index (κ2) is 3.74. The molecule has 2 aromatic rings. The minimum Gasteiger partial charge on any atom is -0.240 e. The van der Waals surface area contributed by atoms with Crippen molar-refractivity contribution in [3.05, 3.63) is 40.4 Å². The molecule has 7 heteroatoms. The minimum atomic E-state index is -0.699. The first-order valence-corrected chi connectivity index (χ1v) is 4.14. The zero-order chi connectivity index (χ0) is 10.7. The van der Waals surface area contributed by atoms with Crippen molar-refractivity contribution < 1.29 is 5.03 Å². The van der Waals surface area contributed by atoms with Crippen molar-refractivity contribution in [3.63, 3.8) is 0 Å². The van der Waals surface area contributed by atoms with Gasteiger partial charge in [-0.3, -0.25) is 0 Å². The average molecular weight is 205 g/mol. The van der Waals surface area contributed by atoms with Crippen LogP contribution in [0, 0.1) is 10.1 Å². The highest BCUT2D eigenvalue weighted by atomic mass is 16.7. The number of aromatic nitrogens is 3. The van der Waals surface area contributed by atoms with E-state index in [0.717, 1.165) is 5.56 Å². The van der Waals surface area contributed by atoms with Gasteiger partial charge in [0, 0.05) is 5.56 Å². The zero-order valence-electron chi connectivity index (χ0n) is 7.54. The van der Waals surface area contributed by atoms with E-state index in [-0.39, 0.29) is 5.95 Å². The predicted molar refractivity (Wildman–Crippen MR) is 52.4 cm³/mol. The fourth-order valence-corrected chi connectivity index (χ4v) is 1.11. The van der Waals surface area contributed by atoms with Crippen molar-refractivity contribution in [1.29, 1.82) is 0 Å². The van der Waals surface area contributed by atoms with Gasteiger partial charge in [0.05, 0.1) is 0 Å². The molecule has 0 unspecified atom stereocenters. The molecule has 1 aromatic carbocycles. The fraction of sp³-hybridized carbons (Fsp3) is 0. The van der Waals surface area contributed by atoms with Crippen LogP contribution in [0.2, 0.25) is 0 Å². The lowest BCUT2D eigenvalue weighted by Crippen LogP contribution is -2.08. The number of nitrogens with one attached hydrogen (secondary N) is 2. The molecule has 76 valence electrons. The number of anilines is 1. The van der Waals surface area contributed by atoms with Gasteiger partial charge < -0.3 is 0 Å². The van der Waals surface area contributed by atoms with E-state index in [2.05, 4.69) is 15.2 Å². The molecule has 0 amide bonds. The molecular weight excluding hydrogens is 198 g/mol. The Morgan fingerprint density at radius 1 is 1.33 bits per heavy atom. The number of benzene rings is 1. The molecule has 0 aliphatic heterocycles. The lowest BCUT2D eigenvalue weighted by atomic mass is 10.2. The Kier molecular flexibility index (Phi) is 2.28. The van der Waals surface area contributed by atoms with Gasteiger partial charge in [-0.05, 0) is 0 Å². The van der Waals surface area contributed by atoms with Gasteiger partial charge in [-0.1, -0.05) is 35.8 Å². The SMILES string of the molecule is O=[N+]([O-])Nc1nc(-c2ccccc2)n[nH]1. The summed E-state index contributed by atoms with van der Waals surface area (Å²) in [6, 6.07) is 9.18. The molecular formula is C8H7N5O2. The molecule has 7 nitrogen and oxygen atoms in total. The molecule has 0 saturated heterocycles. The number of nitrogens with zero attached hydrogens (tertiary/aromatic N) is 3. The molecule has 0 bridgehead atoms. The van der Waals surface area contributed by atoms with Crippen molar-refractivity contribution in [2.75, 3.05) is 5.43 Å². The number of nitro groups is 1. The van der Waals surface area contributed by atoms with Gasteiger partial charge in [-0.25, -0.2) is 15.2 Å². The molecule has 0 aliphatic rings. The van der Waals surface area contributed by atoms with E-state index >= 15 is 0 Å². The first kappa shape index (κ1) is 9.13. The van der Waals surface area contributed by atoms with Gasteiger partial charge in [0.15, 0.2) is 10.9 Å². The summed E-state index contributed by atoms with van der Waals surface area (Å²) in [6.45, 7) is 0. The Labute approximate surface area is 84.3 Å². The van der Waals surface area contributed by atoms with Crippen LogP contribution in [0.1, 0.15) is 0 Å². The quantitative estimate of drug-likeness (QED) is 0.577. The largest absolute Gasteiger partial charge is 0.281 e. The normalized spacial score (nSPS) is 9.87. The van der Waals surface area contributed by atoms with E-state index in [9.17, 15) is 10.1 Å². The van der Waals surface area contributed by atoms with Crippen LogP contribution >= 0.6 is 0 Å². The van der Waals surface area contributed by atoms with Gasteiger partial charge in [0.2, 0.25) is 0 Å². The Bertz CT molecular complexity index is 467. The summed E-state index contributed by atoms with van der Waals surface area (Å²) in [7, 11) is 0. The molecule has 0 spiro atoms. The van der Waals surface area contributed by atoms with Crippen molar-refractivity contribution >= 4 is 5.95 Å². The number of rotatable bonds is 3. The Balaban J connectivity index is 2.24. The Morgan fingerprint density at radius 3 is 2.73 bits per heavy atom. The van der Waals surface area contributed by atoms with Gasteiger partial charge >= 0.3 is 0 Å².